The average molecular weight is 377 g/mol. The lowest BCUT2D eigenvalue weighted by molar-refractivity contribution is 0.204. The van der Waals surface area contributed by atoms with Crippen LogP contribution in [0.25, 0.3) is 0 Å². The molecule has 1 aromatic heterocycles. The maximum Gasteiger partial charge on any atom is 0.317 e. The Kier molecular flexibility index (Phi) is 4.61. The summed E-state index contributed by atoms with van der Waals surface area (Å²) in [5, 5.41) is 7.95. The van der Waals surface area contributed by atoms with Crippen LogP contribution in [-0.4, -0.2) is 40.3 Å². The summed E-state index contributed by atoms with van der Waals surface area (Å²) in [7, 11) is 0. The van der Waals surface area contributed by atoms with E-state index in [-0.39, 0.29) is 23.3 Å². The van der Waals surface area contributed by atoms with Gasteiger partial charge in [0.05, 0.1) is 17.3 Å². The summed E-state index contributed by atoms with van der Waals surface area (Å²) in [5.74, 6) is -0.214. The van der Waals surface area contributed by atoms with E-state index in [1.807, 2.05) is 21.7 Å². The van der Waals surface area contributed by atoms with Gasteiger partial charge in [-0.1, -0.05) is 23.7 Å². The van der Waals surface area contributed by atoms with E-state index in [1.165, 1.54) is 12.1 Å². The highest BCUT2D eigenvalue weighted by atomic mass is 35.5. The molecule has 2 aliphatic rings. The van der Waals surface area contributed by atoms with Crippen LogP contribution in [0.15, 0.2) is 36.7 Å². The SMILES string of the molecule is O=C(NCC1(Cc2ccc(F)cc2)CC1)N1CCC(n2cc(Cl)cn2)C1. The van der Waals surface area contributed by atoms with E-state index in [4.69, 9.17) is 11.6 Å². The molecule has 4 rings (SSSR count). The van der Waals surface area contributed by atoms with E-state index in [0.29, 0.717) is 18.1 Å². The number of aromatic nitrogens is 2. The maximum atomic E-state index is 13.0. The summed E-state index contributed by atoms with van der Waals surface area (Å²) < 4.78 is 14.9. The summed E-state index contributed by atoms with van der Waals surface area (Å²) in [5.41, 5.74) is 1.25. The molecule has 1 atom stereocenters. The van der Waals surface area contributed by atoms with Crippen LogP contribution in [-0.2, 0) is 6.42 Å². The first kappa shape index (κ1) is 17.3. The molecule has 5 nitrogen and oxygen atoms in total. The van der Waals surface area contributed by atoms with Gasteiger partial charge in [-0.05, 0) is 48.8 Å². The second kappa shape index (κ2) is 6.91. The van der Waals surface area contributed by atoms with Crippen LogP contribution < -0.4 is 5.32 Å². The smallest absolute Gasteiger partial charge is 0.317 e. The zero-order chi connectivity index (χ0) is 18.1. The number of nitrogens with one attached hydrogen (secondary N) is 1. The predicted octanol–water partition coefficient (Wildman–Crippen LogP) is 3.65. The Morgan fingerprint density at radius 2 is 2.12 bits per heavy atom. The van der Waals surface area contributed by atoms with Gasteiger partial charge in [0.15, 0.2) is 0 Å². The Labute approximate surface area is 157 Å². The number of hydrogen-bond acceptors (Lipinski definition) is 2. The minimum atomic E-state index is -0.214. The fraction of sp³-hybridized carbons (Fsp3) is 0.474. The lowest BCUT2D eigenvalue weighted by Crippen LogP contribution is -2.41. The first-order valence-electron chi connectivity index (χ1n) is 9.00. The van der Waals surface area contributed by atoms with Crippen LogP contribution >= 0.6 is 11.6 Å². The second-order valence-corrected chi connectivity index (χ2v) is 7.93. The van der Waals surface area contributed by atoms with Crippen molar-refractivity contribution in [3.63, 3.8) is 0 Å². The molecule has 2 amide bonds. The first-order chi connectivity index (χ1) is 12.5. The molecule has 0 bridgehead atoms. The number of carbonyl (C=O) groups excluding carboxylic acids is 1. The molecule has 1 aliphatic carbocycles. The van der Waals surface area contributed by atoms with Crippen molar-refractivity contribution in [2.75, 3.05) is 19.6 Å². The van der Waals surface area contributed by atoms with Crippen molar-refractivity contribution in [1.82, 2.24) is 20.0 Å². The molecule has 0 radical (unpaired) electrons. The van der Waals surface area contributed by atoms with Gasteiger partial charge >= 0.3 is 6.03 Å². The second-order valence-electron chi connectivity index (χ2n) is 7.49. The normalized spacial score (nSPS) is 21.0. The van der Waals surface area contributed by atoms with E-state index >= 15 is 0 Å². The molecule has 1 N–H and O–H groups in total. The summed E-state index contributed by atoms with van der Waals surface area (Å²) >= 11 is 5.92. The number of nitrogens with zero attached hydrogens (tertiary/aromatic N) is 3. The minimum Gasteiger partial charge on any atom is -0.337 e. The zero-order valence-corrected chi connectivity index (χ0v) is 15.3. The molecule has 138 valence electrons. The van der Waals surface area contributed by atoms with Gasteiger partial charge in [-0.3, -0.25) is 4.68 Å². The lowest BCUT2D eigenvalue weighted by Gasteiger charge is -2.21. The summed E-state index contributed by atoms with van der Waals surface area (Å²) in [4.78, 5) is 14.3. The van der Waals surface area contributed by atoms with E-state index in [9.17, 15) is 9.18 Å². The van der Waals surface area contributed by atoms with Crippen molar-refractivity contribution in [3.05, 3.63) is 53.1 Å². The van der Waals surface area contributed by atoms with E-state index in [0.717, 1.165) is 37.8 Å². The third-order valence-electron chi connectivity index (χ3n) is 5.46. The van der Waals surface area contributed by atoms with Crippen LogP contribution in [0.5, 0.6) is 0 Å². The van der Waals surface area contributed by atoms with Crippen LogP contribution in [0.2, 0.25) is 5.02 Å². The molecule has 7 heteroatoms. The molecule has 1 unspecified atom stereocenters. The fourth-order valence-corrected chi connectivity index (χ4v) is 3.80. The topological polar surface area (TPSA) is 50.2 Å². The third-order valence-corrected chi connectivity index (χ3v) is 5.65. The molecule has 2 fully saturated rings. The molecular formula is C19H22ClFN4O. The van der Waals surface area contributed by atoms with Crippen LogP contribution in [0.4, 0.5) is 9.18 Å². The van der Waals surface area contributed by atoms with Gasteiger partial charge in [0.25, 0.3) is 0 Å². The molecule has 1 saturated heterocycles. The lowest BCUT2D eigenvalue weighted by atomic mass is 9.96. The average Bonchev–Trinajstić information content (AvgIpc) is 3.03. The number of hydrogen-bond donors (Lipinski definition) is 1. The number of rotatable bonds is 5. The molecule has 1 aromatic carbocycles. The van der Waals surface area contributed by atoms with E-state index in [2.05, 4.69) is 10.4 Å². The van der Waals surface area contributed by atoms with Gasteiger partial charge in [0.2, 0.25) is 0 Å². The standard InChI is InChI=1S/C19H22ClFN4O/c20-15-10-23-25(11-15)17-5-8-24(12-17)18(26)22-13-19(6-7-19)9-14-1-3-16(21)4-2-14/h1-4,10-11,17H,5-9,12-13H2,(H,22,26). The molecule has 1 aliphatic heterocycles. The molecule has 2 heterocycles. The Morgan fingerprint density at radius 1 is 1.35 bits per heavy atom. The number of amides is 2. The van der Waals surface area contributed by atoms with Crippen LogP contribution in [0, 0.1) is 11.2 Å². The van der Waals surface area contributed by atoms with Crippen molar-refractivity contribution in [2.45, 2.75) is 31.7 Å². The van der Waals surface area contributed by atoms with Crippen LogP contribution in [0.3, 0.4) is 0 Å². The van der Waals surface area contributed by atoms with Crippen molar-refractivity contribution in [1.29, 1.82) is 0 Å². The third kappa shape index (κ3) is 3.85. The zero-order valence-electron chi connectivity index (χ0n) is 14.5. The number of benzene rings is 1. The van der Waals surface area contributed by atoms with Crippen molar-refractivity contribution in [2.24, 2.45) is 5.41 Å². The van der Waals surface area contributed by atoms with Gasteiger partial charge in [0.1, 0.15) is 5.82 Å². The highest BCUT2D eigenvalue weighted by Gasteiger charge is 2.43. The summed E-state index contributed by atoms with van der Waals surface area (Å²) in [6.07, 6.45) is 7.37. The van der Waals surface area contributed by atoms with Gasteiger partial charge < -0.3 is 10.2 Å². The van der Waals surface area contributed by atoms with Gasteiger partial charge in [-0.25, -0.2) is 9.18 Å². The highest BCUT2D eigenvalue weighted by molar-refractivity contribution is 6.30. The van der Waals surface area contributed by atoms with Crippen molar-refractivity contribution >= 4 is 17.6 Å². The Bertz CT molecular complexity index is 787. The Morgan fingerprint density at radius 3 is 2.77 bits per heavy atom. The number of halogens is 2. The quantitative estimate of drug-likeness (QED) is 0.865. The summed E-state index contributed by atoms with van der Waals surface area (Å²) in [6, 6.07) is 6.82. The van der Waals surface area contributed by atoms with Gasteiger partial charge in [0, 0.05) is 25.8 Å². The predicted molar refractivity (Wildman–Crippen MR) is 97.6 cm³/mol. The maximum absolute atomic E-state index is 13.0. The molecular weight excluding hydrogens is 355 g/mol. The minimum absolute atomic E-state index is 0.0175. The number of urea groups is 1. The van der Waals surface area contributed by atoms with E-state index in [1.54, 1.807) is 12.4 Å². The number of likely N-dealkylation sites (tertiary alicyclic amines) is 1. The Hall–Kier alpha value is -2.08. The monoisotopic (exact) mass is 376 g/mol. The largest absolute Gasteiger partial charge is 0.337 e. The first-order valence-corrected chi connectivity index (χ1v) is 9.38. The number of carbonyl (C=O) groups is 1. The fourth-order valence-electron chi connectivity index (χ4n) is 3.66. The van der Waals surface area contributed by atoms with Crippen molar-refractivity contribution < 1.29 is 9.18 Å². The van der Waals surface area contributed by atoms with Crippen molar-refractivity contribution in [3.8, 4) is 0 Å². The molecule has 1 saturated carbocycles. The molecule has 26 heavy (non-hydrogen) atoms. The van der Waals surface area contributed by atoms with Gasteiger partial charge in [-0.15, -0.1) is 0 Å². The Balaban J connectivity index is 1.28. The van der Waals surface area contributed by atoms with Crippen LogP contribution in [0.1, 0.15) is 30.9 Å². The van der Waals surface area contributed by atoms with E-state index < -0.39 is 0 Å². The van der Waals surface area contributed by atoms with Gasteiger partial charge in [-0.2, -0.15) is 5.10 Å². The highest BCUT2D eigenvalue weighted by Crippen LogP contribution is 2.47. The molecule has 2 aromatic rings. The molecule has 0 spiro atoms. The summed E-state index contributed by atoms with van der Waals surface area (Å²) in [6.45, 7) is 2.03.